The molecule has 3 heterocycles. The first-order valence-electron chi connectivity index (χ1n) is 7.43. The molecular weight excluding hydrogens is 272 g/mol. The average Bonchev–Trinajstić information content (AvgIpc) is 2.88. The van der Waals surface area contributed by atoms with Crippen LogP contribution >= 0.6 is 11.3 Å². The smallest absolute Gasteiger partial charge is 0.345 e. The number of aromatic carboxylic acids is 1. The molecule has 0 amide bonds. The summed E-state index contributed by atoms with van der Waals surface area (Å²) < 4.78 is 0. The van der Waals surface area contributed by atoms with Crippen molar-refractivity contribution in [1.29, 1.82) is 0 Å². The molecule has 1 aromatic rings. The van der Waals surface area contributed by atoms with Crippen LogP contribution in [0.4, 0.5) is 0 Å². The van der Waals surface area contributed by atoms with Crippen LogP contribution in [0.2, 0.25) is 0 Å². The van der Waals surface area contributed by atoms with Gasteiger partial charge in [-0.15, -0.1) is 11.3 Å². The second kappa shape index (κ2) is 5.84. The zero-order chi connectivity index (χ0) is 14.1. The normalized spacial score (nSPS) is 28.2. The number of carbonyl (C=O) groups is 1. The lowest BCUT2D eigenvalue weighted by Gasteiger charge is -2.47. The van der Waals surface area contributed by atoms with E-state index < -0.39 is 5.97 Å². The average molecular weight is 294 g/mol. The van der Waals surface area contributed by atoms with E-state index in [1.165, 1.54) is 42.0 Å². The Morgan fingerprint density at radius 3 is 3.00 bits per heavy atom. The summed E-state index contributed by atoms with van der Waals surface area (Å²) in [5, 5.41) is 9.00. The first-order chi connectivity index (χ1) is 9.63. The van der Waals surface area contributed by atoms with Gasteiger partial charge in [0.1, 0.15) is 4.88 Å². The van der Waals surface area contributed by atoms with E-state index in [0.29, 0.717) is 17.0 Å². The monoisotopic (exact) mass is 294 g/mol. The largest absolute Gasteiger partial charge is 0.477 e. The molecule has 0 aromatic carbocycles. The standard InChI is InChI=1S/C15H22N2O2S/c1-11-8-16-7-3-2-4-12(16)9-17(11)10-13-5-6-14(20-13)15(18)19/h5-6,11-12H,2-4,7-10H2,1H3,(H,18,19). The van der Waals surface area contributed by atoms with Crippen LogP contribution in [0, 0.1) is 0 Å². The number of rotatable bonds is 3. The summed E-state index contributed by atoms with van der Waals surface area (Å²) in [6, 6.07) is 4.95. The van der Waals surface area contributed by atoms with Crippen molar-refractivity contribution in [3.63, 3.8) is 0 Å². The zero-order valence-corrected chi connectivity index (χ0v) is 12.7. The highest BCUT2D eigenvalue weighted by Crippen LogP contribution is 2.26. The molecule has 0 saturated carbocycles. The third kappa shape index (κ3) is 2.90. The van der Waals surface area contributed by atoms with Crippen molar-refractivity contribution >= 4 is 17.3 Å². The Morgan fingerprint density at radius 2 is 2.25 bits per heavy atom. The molecule has 2 aliphatic heterocycles. The van der Waals surface area contributed by atoms with E-state index in [-0.39, 0.29) is 0 Å². The summed E-state index contributed by atoms with van der Waals surface area (Å²) in [6.07, 6.45) is 4.01. The summed E-state index contributed by atoms with van der Waals surface area (Å²) in [7, 11) is 0. The second-order valence-electron chi connectivity index (χ2n) is 5.99. The summed E-state index contributed by atoms with van der Waals surface area (Å²) in [5.41, 5.74) is 0. The summed E-state index contributed by atoms with van der Waals surface area (Å²) in [5.74, 6) is -0.814. The molecule has 2 unspecified atom stereocenters. The molecule has 2 fully saturated rings. The molecule has 1 aromatic heterocycles. The molecule has 0 bridgehead atoms. The molecule has 2 atom stereocenters. The third-order valence-corrected chi connectivity index (χ3v) is 5.61. The van der Waals surface area contributed by atoms with Crippen molar-refractivity contribution in [1.82, 2.24) is 9.80 Å². The van der Waals surface area contributed by atoms with Crippen molar-refractivity contribution in [3.8, 4) is 0 Å². The molecule has 5 heteroatoms. The third-order valence-electron chi connectivity index (χ3n) is 4.55. The molecule has 110 valence electrons. The van der Waals surface area contributed by atoms with Crippen molar-refractivity contribution in [2.75, 3.05) is 19.6 Å². The van der Waals surface area contributed by atoms with E-state index in [4.69, 9.17) is 5.11 Å². The van der Waals surface area contributed by atoms with Gasteiger partial charge in [-0.25, -0.2) is 4.79 Å². The Balaban J connectivity index is 1.65. The molecule has 2 aliphatic rings. The number of nitrogens with zero attached hydrogens (tertiary/aromatic N) is 2. The van der Waals surface area contributed by atoms with Gasteiger partial charge in [-0.05, 0) is 38.4 Å². The van der Waals surface area contributed by atoms with Crippen LogP contribution in [-0.2, 0) is 6.54 Å². The highest BCUT2D eigenvalue weighted by atomic mass is 32.1. The van der Waals surface area contributed by atoms with Crippen LogP contribution in [0.1, 0.15) is 40.7 Å². The second-order valence-corrected chi connectivity index (χ2v) is 7.16. The number of fused-ring (bicyclic) bond motifs is 1. The minimum absolute atomic E-state index is 0.448. The fourth-order valence-electron chi connectivity index (χ4n) is 3.41. The number of thiophene rings is 1. The molecule has 1 N–H and O–H groups in total. The first-order valence-corrected chi connectivity index (χ1v) is 8.25. The Hall–Kier alpha value is -0.910. The van der Waals surface area contributed by atoms with Crippen LogP contribution in [0.5, 0.6) is 0 Å². The number of carboxylic acid groups (broad SMARTS) is 1. The SMILES string of the molecule is CC1CN2CCCCC2CN1Cc1ccc(C(=O)O)s1. The predicted molar refractivity (Wildman–Crippen MR) is 80.4 cm³/mol. The number of piperidine rings is 1. The minimum Gasteiger partial charge on any atom is -0.477 e. The maximum Gasteiger partial charge on any atom is 0.345 e. The maximum absolute atomic E-state index is 10.9. The number of carboxylic acids is 1. The highest BCUT2D eigenvalue weighted by molar-refractivity contribution is 7.13. The van der Waals surface area contributed by atoms with E-state index >= 15 is 0 Å². The van der Waals surface area contributed by atoms with Crippen molar-refractivity contribution in [2.24, 2.45) is 0 Å². The van der Waals surface area contributed by atoms with Crippen LogP contribution < -0.4 is 0 Å². The van der Waals surface area contributed by atoms with Gasteiger partial charge in [0, 0.05) is 36.6 Å². The van der Waals surface area contributed by atoms with Gasteiger partial charge >= 0.3 is 5.97 Å². The van der Waals surface area contributed by atoms with E-state index in [1.54, 1.807) is 6.07 Å². The van der Waals surface area contributed by atoms with Gasteiger partial charge in [0.25, 0.3) is 0 Å². The van der Waals surface area contributed by atoms with Gasteiger partial charge in [-0.3, -0.25) is 9.80 Å². The molecule has 4 nitrogen and oxygen atoms in total. The molecule has 20 heavy (non-hydrogen) atoms. The van der Waals surface area contributed by atoms with Crippen molar-refractivity contribution in [3.05, 3.63) is 21.9 Å². The number of hydrogen-bond donors (Lipinski definition) is 1. The van der Waals surface area contributed by atoms with Gasteiger partial charge < -0.3 is 5.11 Å². The first kappa shape index (κ1) is 14.0. The van der Waals surface area contributed by atoms with Crippen molar-refractivity contribution in [2.45, 2.75) is 44.8 Å². The fourth-order valence-corrected chi connectivity index (χ4v) is 4.28. The lowest BCUT2D eigenvalue weighted by atomic mass is 9.97. The quantitative estimate of drug-likeness (QED) is 0.930. The summed E-state index contributed by atoms with van der Waals surface area (Å²) in [6.45, 7) is 6.72. The molecular formula is C15H22N2O2S. The molecule has 0 aliphatic carbocycles. The Morgan fingerprint density at radius 1 is 1.40 bits per heavy atom. The van der Waals surface area contributed by atoms with Crippen LogP contribution in [0.3, 0.4) is 0 Å². The minimum atomic E-state index is -0.814. The molecule has 0 radical (unpaired) electrons. The van der Waals surface area contributed by atoms with Gasteiger partial charge in [0.05, 0.1) is 0 Å². The Bertz CT molecular complexity index is 488. The predicted octanol–water partition coefficient (Wildman–Crippen LogP) is 2.50. The Kier molecular flexibility index (Phi) is 4.10. The summed E-state index contributed by atoms with van der Waals surface area (Å²) >= 11 is 1.41. The number of hydrogen-bond acceptors (Lipinski definition) is 4. The molecule has 2 saturated heterocycles. The molecule has 3 rings (SSSR count). The van der Waals surface area contributed by atoms with Crippen molar-refractivity contribution < 1.29 is 9.90 Å². The van der Waals surface area contributed by atoms with Gasteiger partial charge in [-0.1, -0.05) is 6.42 Å². The highest BCUT2D eigenvalue weighted by Gasteiger charge is 2.32. The molecule has 0 spiro atoms. The van der Waals surface area contributed by atoms with E-state index in [9.17, 15) is 4.79 Å². The van der Waals surface area contributed by atoms with Crippen LogP contribution in [-0.4, -0.2) is 52.6 Å². The zero-order valence-electron chi connectivity index (χ0n) is 11.9. The lowest BCUT2D eigenvalue weighted by Crippen LogP contribution is -2.58. The van der Waals surface area contributed by atoms with E-state index in [1.807, 2.05) is 6.07 Å². The summed E-state index contributed by atoms with van der Waals surface area (Å²) in [4.78, 5) is 17.7. The maximum atomic E-state index is 10.9. The van der Waals surface area contributed by atoms with Crippen LogP contribution in [0.25, 0.3) is 0 Å². The number of piperazine rings is 1. The van der Waals surface area contributed by atoms with Crippen LogP contribution in [0.15, 0.2) is 12.1 Å². The Labute approximate surface area is 124 Å². The van der Waals surface area contributed by atoms with Gasteiger partial charge in [0.15, 0.2) is 0 Å². The van der Waals surface area contributed by atoms with E-state index in [2.05, 4.69) is 16.7 Å². The van der Waals surface area contributed by atoms with E-state index in [0.717, 1.165) is 19.6 Å². The topological polar surface area (TPSA) is 43.8 Å². The fraction of sp³-hybridized carbons (Fsp3) is 0.667. The lowest BCUT2D eigenvalue weighted by molar-refractivity contribution is 0.0116. The van der Waals surface area contributed by atoms with Gasteiger partial charge in [0.2, 0.25) is 0 Å². The van der Waals surface area contributed by atoms with Gasteiger partial charge in [-0.2, -0.15) is 0 Å².